The van der Waals surface area contributed by atoms with Gasteiger partial charge in [0.2, 0.25) is 0 Å². The van der Waals surface area contributed by atoms with Gasteiger partial charge in [0, 0.05) is 29.3 Å². The predicted octanol–water partition coefficient (Wildman–Crippen LogP) is 4.09. The fourth-order valence-corrected chi connectivity index (χ4v) is 2.54. The predicted molar refractivity (Wildman–Crippen MR) is 77.9 cm³/mol. The van der Waals surface area contributed by atoms with E-state index in [1.807, 2.05) is 6.07 Å². The highest BCUT2D eigenvalue weighted by Gasteiger charge is 2.31. The van der Waals surface area contributed by atoms with Crippen molar-refractivity contribution in [3.8, 4) is 0 Å². The van der Waals surface area contributed by atoms with Crippen LogP contribution < -0.4 is 10.2 Å². The highest BCUT2D eigenvalue weighted by atomic mass is 79.9. The molecule has 1 aliphatic rings. The second-order valence-electron chi connectivity index (χ2n) is 5.06. The average molecular weight is 351 g/mol. The van der Waals surface area contributed by atoms with Crippen molar-refractivity contribution in [3.05, 3.63) is 28.2 Å². The molecule has 0 bridgehead atoms. The first-order chi connectivity index (χ1) is 9.39. The van der Waals surface area contributed by atoms with Crippen LogP contribution in [0.4, 0.5) is 18.9 Å². The first-order valence-electron chi connectivity index (χ1n) is 6.72. The van der Waals surface area contributed by atoms with Crippen LogP contribution in [-0.4, -0.2) is 25.3 Å². The Morgan fingerprint density at radius 2 is 2.05 bits per heavy atom. The molecule has 0 radical (unpaired) electrons. The maximum Gasteiger partial charge on any atom is 0.405 e. The summed E-state index contributed by atoms with van der Waals surface area (Å²) in [6.45, 7) is 1.76. The lowest BCUT2D eigenvalue weighted by atomic mass is 10.1. The van der Waals surface area contributed by atoms with Crippen LogP contribution in [-0.2, 0) is 6.54 Å². The molecule has 20 heavy (non-hydrogen) atoms. The van der Waals surface area contributed by atoms with E-state index in [2.05, 4.69) is 21.2 Å². The topological polar surface area (TPSA) is 15.3 Å². The van der Waals surface area contributed by atoms with E-state index in [9.17, 15) is 13.2 Å². The molecule has 2 rings (SSSR count). The van der Waals surface area contributed by atoms with E-state index in [-0.39, 0.29) is 0 Å². The monoisotopic (exact) mass is 350 g/mol. The number of anilines is 1. The summed E-state index contributed by atoms with van der Waals surface area (Å²) in [5.41, 5.74) is 1.55. The molecule has 0 aliphatic heterocycles. The van der Waals surface area contributed by atoms with Crippen molar-refractivity contribution >= 4 is 21.6 Å². The zero-order chi connectivity index (χ0) is 14.8. The van der Waals surface area contributed by atoms with Crippen molar-refractivity contribution in [2.24, 2.45) is 0 Å². The Labute approximate surface area is 125 Å². The van der Waals surface area contributed by atoms with E-state index < -0.39 is 12.7 Å². The summed E-state index contributed by atoms with van der Waals surface area (Å²) in [5, 5.41) is 3.35. The molecule has 112 valence electrons. The molecule has 6 heteroatoms. The molecule has 1 aliphatic carbocycles. The molecular weight excluding hydrogens is 333 g/mol. The lowest BCUT2D eigenvalue weighted by Gasteiger charge is -2.27. The fraction of sp³-hybridized carbons (Fsp3) is 0.571. The van der Waals surface area contributed by atoms with Crippen LogP contribution in [0.25, 0.3) is 0 Å². The van der Waals surface area contributed by atoms with E-state index >= 15 is 0 Å². The van der Waals surface area contributed by atoms with Gasteiger partial charge < -0.3 is 10.2 Å². The van der Waals surface area contributed by atoms with E-state index in [1.54, 1.807) is 19.1 Å². The molecule has 1 saturated carbocycles. The van der Waals surface area contributed by atoms with Crippen LogP contribution in [0.1, 0.15) is 25.3 Å². The van der Waals surface area contributed by atoms with Gasteiger partial charge in [-0.1, -0.05) is 15.9 Å². The van der Waals surface area contributed by atoms with Gasteiger partial charge in [-0.2, -0.15) is 13.2 Å². The second kappa shape index (κ2) is 6.35. The van der Waals surface area contributed by atoms with Gasteiger partial charge in [0.25, 0.3) is 0 Å². The molecule has 1 aromatic carbocycles. The van der Waals surface area contributed by atoms with E-state index in [4.69, 9.17) is 0 Å². The molecule has 2 nitrogen and oxygen atoms in total. The number of benzene rings is 1. The smallest absolute Gasteiger partial charge is 0.363 e. The minimum absolute atomic E-state index is 0.331. The molecule has 1 aromatic rings. The highest BCUT2D eigenvalue weighted by Crippen LogP contribution is 2.29. The van der Waals surface area contributed by atoms with Gasteiger partial charge in [0.15, 0.2) is 0 Å². The van der Waals surface area contributed by atoms with E-state index in [0.29, 0.717) is 24.8 Å². The third-order valence-electron chi connectivity index (χ3n) is 3.29. The van der Waals surface area contributed by atoms with Crippen molar-refractivity contribution in [1.82, 2.24) is 5.32 Å². The molecule has 0 heterocycles. The number of rotatable bonds is 6. The molecule has 0 amide bonds. The Balaban J connectivity index is 2.17. The lowest BCUT2D eigenvalue weighted by Crippen LogP contribution is -2.35. The van der Waals surface area contributed by atoms with Gasteiger partial charge in [-0.05, 0) is 43.5 Å². The number of hydrogen-bond acceptors (Lipinski definition) is 2. The minimum atomic E-state index is -4.19. The first-order valence-corrected chi connectivity index (χ1v) is 7.52. The number of alkyl halides is 3. The van der Waals surface area contributed by atoms with Gasteiger partial charge in [-0.15, -0.1) is 0 Å². The van der Waals surface area contributed by atoms with Gasteiger partial charge >= 0.3 is 6.18 Å². The van der Waals surface area contributed by atoms with Crippen molar-refractivity contribution in [2.75, 3.05) is 18.0 Å². The van der Waals surface area contributed by atoms with Crippen LogP contribution in [0.3, 0.4) is 0 Å². The Hall–Kier alpha value is -0.750. The van der Waals surface area contributed by atoms with Crippen molar-refractivity contribution in [2.45, 2.75) is 38.5 Å². The zero-order valence-electron chi connectivity index (χ0n) is 11.3. The fourth-order valence-electron chi connectivity index (χ4n) is 2.13. The molecular formula is C14H18BrF3N2. The summed E-state index contributed by atoms with van der Waals surface area (Å²) in [4.78, 5) is 1.37. The summed E-state index contributed by atoms with van der Waals surface area (Å²) in [5.74, 6) is 0. The van der Waals surface area contributed by atoms with E-state index in [0.717, 1.165) is 22.9 Å². The normalized spacial score (nSPS) is 15.4. The summed E-state index contributed by atoms with van der Waals surface area (Å²) >= 11 is 3.38. The van der Waals surface area contributed by atoms with Crippen molar-refractivity contribution in [1.29, 1.82) is 0 Å². The molecule has 0 saturated heterocycles. The van der Waals surface area contributed by atoms with Gasteiger partial charge in [-0.25, -0.2) is 0 Å². The zero-order valence-corrected chi connectivity index (χ0v) is 12.9. The number of nitrogens with zero attached hydrogens (tertiary/aromatic N) is 1. The highest BCUT2D eigenvalue weighted by molar-refractivity contribution is 9.10. The van der Waals surface area contributed by atoms with Crippen molar-refractivity contribution < 1.29 is 13.2 Å². The van der Waals surface area contributed by atoms with Crippen LogP contribution in [0.15, 0.2) is 22.7 Å². The van der Waals surface area contributed by atoms with E-state index in [1.165, 1.54) is 4.90 Å². The van der Waals surface area contributed by atoms with Crippen LogP contribution in [0.5, 0.6) is 0 Å². The Kier molecular flexibility index (Phi) is 4.96. The Morgan fingerprint density at radius 1 is 1.35 bits per heavy atom. The van der Waals surface area contributed by atoms with Crippen molar-refractivity contribution in [3.63, 3.8) is 0 Å². The number of halogens is 4. The maximum absolute atomic E-state index is 12.6. The van der Waals surface area contributed by atoms with Crippen LogP contribution >= 0.6 is 15.9 Å². The molecule has 1 N–H and O–H groups in total. The lowest BCUT2D eigenvalue weighted by molar-refractivity contribution is -0.119. The van der Waals surface area contributed by atoms with Crippen LogP contribution in [0, 0.1) is 0 Å². The third-order valence-corrected chi connectivity index (χ3v) is 3.79. The third kappa shape index (κ3) is 4.66. The summed E-state index contributed by atoms with van der Waals surface area (Å²) < 4.78 is 38.8. The SMILES string of the molecule is CCN(CC(F)(F)F)c1ccc(Br)cc1CNC1CC1. The number of nitrogens with one attached hydrogen (secondary N) is 1. The quantitative estimate of drug-likeness (QED) is 0.831. The molecule has 0 spiro atoms. The maximum atomic E-state index is 12.6. The molecule has 0 aromatic heterocycles. The molecule has 0 unspecified atom stereocenters. The summed E-state index contributed by atoms with van der Waals surface area (Å²) in [6, 6.07) is 5.96. The Bertz CT molecular complexity index is 458. The van der Waals surface area contributed by atoms with Gasteiger partial charge in [0.05, 0.1) is 0 Å². The standard InChI is InChI=1S/C14H18BrF3N2/c1-2-20(9-14(16,17)18)13-6-3-11(15)7-10(13)8-19-12-4-5-12/h3,6-7,12,19H,2,4-5,8-9H2,1H3. The summed E-state index contributed by atoms with van der Waals surface area (Å²) in [7, 11) is 0. The summed E-state index contributed by atoms with van der Waals surface area (Å²) in [6.07, 6.45) is -1.88. The van der Waals surface area contributed by atoms with Crippen LogP contribution in [0.2, 0.25) is 0 Å². The van der Waals surface area contributed by atoms with Gasteiger partial charge in [-0.3, -0.25) is 0 Å². The average Bonchev–Trinajstić information content (AvgIpc) is 3.17. The minimum Gasteiger partial charge on any atom is -0.363 e. The largest absolute Gasteiger partial charge is 0.405 e. The number of hydrogen-bond donors (Lipinski definition) is 1. The first kappa shape index (κ1) is 15.6. The Morgan fingerprint density at radius 3 is 2.60 bits per heavy atom. The molecule has 1 fully saturated rings. The second-order valence-corrected chi connectivity index (χ2v) is 5.97. The van der Waals surface area contributed by atoms with Gasteiger partial charge in [0.1, 0.15) is 6.54 Å². The molecule has 0 atom stereocenters.